The van der Waals surface area contributed by atoms with Gasteiger partial charge in [-0.25, -0.2) is 14.6 Å². The second kappa shape index (κ2) is 7.20. The van der Waals surface area contributed by atoms with Crippen molar-refractivity contribution in [1.29, 1.82) is 0 Å². The van der Waals surface area contributed by atoms with Gasteiger partial charge in [0.1, 0.15) is 12.1 Å². The van der Waals surface area contributed by atoms with E-state index in [2.05, 4.69) is 35.2 Å². The van der Waals surface area contributed by atoms with Crippen molar-refractivity contribution in [3.63, 3.8) is 0 Å². The molecule has 1 fully saturated rings. The summed E-state index contributed by atoms with van der Waals surface area (Å²) < 4.78 is 3.54. The average molecular weight is 353 g/mol. The third-order valence-electron chi connectivity index (χ3n) is 4.63. The number of hydrogen-bond acceptors (Lipinski definition) is 7. The summed E-state index contributed by atoms with van der Waals surface area (Å²) in [6, 6.07) is 3.97. The van der Waals surface area contributed by atoms with E-state index < -0.39 is 0 Å². The molecule has 3 aromatic heterocycles. The number of hydrogen-bond donors (Lipinski definition) is 0. The molecule has 9 nitrogen and oxygen atoms in total. The molecule has 26 heavy (non-hydrogen) atoms. The van der Waals surface area contributed by atoms with Gasteiger partial charge in [0, 0.05) is 64.7 Å². The molecule has 4 rings (SSSR count). The van der Waals surface area contributed by atoms with Gasteiger partial charge in [-0.1, -0.05) is 5.21 Å². The summed E-state index contributed by atoms with van der Waals surface area (Å²) in [4.78, 5) is 13.6. The molecule has 9 heteroatoms. The molecular formula is C17H23N9. The maximum absolute atomic E-state index is 4.45. The molecule has 0 amide bonds. The van der Waals surface area contributed by atoms with Crippen LogP contribution in [0, 0.1) is 6.92 Å². The maximum atomic E-state index is 4.45. The van der Waals surface area contributed by atoms with Gasteiger partial charge < -0.3 is 4.90 Å². The zero-order valence-corrected chi connectivity index (χ0v) is 15.2. The normalized spacial score (nSPS) is 15.5. The molecule has 0 bridgehead atoms. The average Bonchev–Trinajstić information content (AvgIpc) is 3.29. The first-order valence-electron chi connectivity index (χ1n) is 8.84. The van der Waals surface area contributed by atoms with Gasteiger partial charge in [0.15, 0.2) is 5.82 Å². The minimum atomic E-state index is 0.799. The first-order chi connectivity index (χ1) is 12.7. The zero-order valence-electron chi connectivity index (χ0n) is 15.2. The van der Waals surface area contributed by atoms with Crippen molar-refractivity contribution in [2.75, 3.05) is 37.6 Å². The van der Waals surface area contributed by atoms with E-state index in [0.717, 1.165) is 62.2 Å². The lowest BCUT2D eigenvalue weighted by atomic mass is 10.2. The van der Waals surface area contributed by atoms with Crippen LogP contribution >= 0.6 is 0 Å². The van der Waals surface area contributed by atoms with E-state index in [4.69, 9.17) is 0 Å². The topological polar surface area (TPSA) is 80.8 Å². The van der Waals surface area contributed by atoms with Crippen molar-refractivity contribution in [2.45, 2.75) is 13.3 Å². The minimum Gasteiger partial charge on any atom is -0.354 e. The standard InChI is InChI=1S/C17H23N9/c1-14-3-6-26(21-14)17-11-16(18-13-19-17)25-9-7-24(8-10-25)5-4-15-12-23(2)22-20-15/h3,6,11-13H,4-5,7-10H2,1-2H3. The molecule has 0 radical (unpaired) electrons. The van der Waals surface area contributed by atoms with Crippen molar-refractivity contribution in [3.8, 4) is 5.82 Å². The summed E-state index contributed by atoms with van der Waals surface area (Å²) in [7, 11) is 1.90. The van der Waals surface area contributed by atoms with E-state index in [9.17, 15) is 0 Å². The molecule has 0 saturated carbocycles. The summed E-state index contributed by atoms with van der Waals surface area (Å²) in [6.07, 6.45) is 6.45. The molecule has 136 valence electrons. The Kier molecular flexibility index (Phi) is 4.61. The number of aromatic nitrogens is 7. The summed E-state index contributed by atoms with van der Waals surface area (Å²) >= 11 is 0. The Hall–Kier alpha value is -2.81. The number of anilines is 1. The Morgan fingerprint density at radius 2 is 1.88 bits per heavy atom. The third kappa shape index (κ3) is 3.72. The van der Waals surface area contributed by atoms with Crippen LogP contribution in [0.1, 0.15) is 11.4 Å². The molecule has 4 heterocycles. The van der Waals surface area contributed by atoms with Crippen molar-refractivity contribution >= 4 is 5.82 Å². The van der Waals surface area contributed by atoms with Crippen LogP contribution < -0.4 is 4.90 Å². The van der Waals surface area contributed by atoms with Gasteiger partial charge in [-0.2, -0.15) is 5.10 Å². The molecule has 1 saturated heterocycles. The molecule has 0 N–H and O–H groups in total. The van der Waals surface area contributed by atoms with E-state index in [1.807, 2.05) is 38.5 Å². The van der Waals surface area contributed by atoms with Crippen LogP contribution in [0.2, 0.25) is 0 Å². The monoisotopic (exact) mass is 353 g/mol. The summed E-state index contributed by atoms with van der Waals surface area (Å²) in [5, 5.41) is 12.6. The van der Waals surface area contributed by atoms with Gasteiger partial charge in [0.2, 0.25) is 0 Å². The number of aryl methyl sites for hydroxylation is 2. The zero-order chi connectivity index (χ0) is 17.9. The smallest absolute Gasteiger partial charge is 0.158 e. The molecule has 0 aliphatic carbocycles. The minimum absolute atomic E-state index is 0.799. The Bertz CT molecular complexity index is 861. The van der Waals surface area contributed by atoms with Crippen molar-refractivity contribution in [2.24, 2.45) is 7.05 Å². The second-order valence-electron chi connectivity index (χ2n) is 6.60. The molecule has 0 spiro atoms. The molecule has 0 atom stereocenters. The lowest BCUT2D eigenvalue weighted by Crippen LogP contribution is -2.47. The maximum Gasteiger partial charge on any atom is 0.158 e. The fraction of sp³-hybridized carbons (Fsp3) is 0.471. The highest BCUT2D eigenvalue weighted by Crippen LogP contribution is 2.16. The fourth-order valence-electron chi connectivity index (χ4n) is 3.16. The van der Waals surface area contributed by atoms with Crippen LogP contribution in [0.3, 0.4) is 0 Å². The van der Waals surface area contributed by atoms with E-state index in [1.54, 1.807) is 15.7 Å². The summed E-state index contributed by atoms with van der Waals surface area (Å²) in [5.74, 6) is 1.75. The third-order valence-corrected chi connectivity index (χ3v) is 4.63. The molecular weight excluding hydrogens is 330 g/mol. The lowest BCUT2D eigenvalue weighted by Gasteiger charge is -2.35. The lowest BCUT2D eigenvalue weighted by molar-refractivity contribution is 0.259. The predicted molar refractivity (Wildman–Crippen MR) is 97.3 cm³/mol. The highest BCUT2D eigenvalue weighted by atomic mass is 15.4. The molecule has 3 aromatic rings. The molecule has 1 aliphatic heterocycles. The van der Waals surface area contributed by atoms with Gasteiger partial charge in [-0.3, -0.25) is 9.58 Å². The Balaban J connectivity index is 1.34. The summed E-state index contributed by atoms with van der Waals surface area (Å²) in [6.45, 7) is 6.91. The molecule has 0 aromatic carbocycles. The van der Waals surface area contributed by atoms with Gasteiger partial charge in [0.25, 0.3) is 0 Å². The van der Waals surface area contributed by atoms with E-state index in [1.165, 1.54) is 0 Å². The van der Waals surface area contributed by atoms with Gasteiger partial charge in [-0.05, 0) is 13.0 Å². The van der Waals surface area contributed by atoms with Crippen molar-refractivity contribution in [1.82, 2.24) is 39.6 Å². The van der Waals surface area contributed by atoms with Gasteiger partial charge >= 0.3 is 0 Å². The van der Waals surface area contributed by atoms with Crippen LogP contribution in [0.25, 0.3) is 5.82 Å². The van der Waals surface area contributed by atoms with Crippen LogP contribution in [-0.4, -0.2) is 72.4 Å². The predicted octanol–water partition coefficient (Wildman–Crippen LogP) is 0.464. The van der Waals surface area contributed by atoms with Crippen LogP contribution in [0.15, 0.2) is 30.9 Å². The molecule has 1 aliphatic rings. The fourth-order valence-corrected chi connectivity index (χ4v) is 3.16. The van der Waals surface area contributed by atoms with Crippen LogP contribution in [-0.2, 0) is 13.5 Å². The SMILES string of the molecule is Cc1ccn(-c2cc(N3CCN(CCc4cn(C)nn4)CC3)ncn2)n1. The van der Waals surface area contributed by atoms with Crippen LogP contribution in [0.4, 0.5) is 5.82 Å². The second-order valence-corrected chi connectivity index (χ2v) is 6.60. The Morgan fingerprint density at radius 3 is 2.58 bits per heavy atom. The quantitative estimate of drug-likeness (QED) is 0.659. The van der Waals surface area contributed by atoms with Gasteiger partial charge in [-0.15, -0.1) is 5.10 Å². The van der Waals surface area contributed by atoms with E-state index in [0.29, 0.717) is 0 Å². The number of rotatable bonds is 5. The summed E-state index contributed by atoms with van der Waals surface area (Å²) in [5.41, 5.74) is 2.02. The van der Waals surface area contributed by atoms with Gasteiger partial charge in [0.05, 0.1) is 11.4 Å². The molecule has 0 unspecified atom stereocenters. The van der Waals surface area contributed by atoms with Crippen molar-refractivity contribution < 1.29 is 0 Å². The highest BCUT2D eigenvalue weighted by Gasteiger charge is 2.19. The van der Waals surface area contributed by atoms with E-state index >= 15 is 0 Å². The number of nitrogens with zero attached hydrogens (tertiary/aromatic N) is 9. The van der Waals surface area contributed by atoms with E-state index in [-0.39, 0.29) is 0 Å². The Morgan fingerprint density at radius 1 is 1.08 bits per heavy atom. The first-order valence-corrected chi connectivity index (χ1v) is 8.84. The number of piperazine rings is 1. The van der Waals surface area contributed by atoms with Crippen LogP contribution in [0.5, 0.6) is 0 Å². The largest absolute Gasteiger partial charge is 0.354 e. The van der Waals surface area contributed by atoms with Crippen molar-refractivity contribution in [3.05, 3.63) is 42.2 Å². The Labute approximate surface area is 152 Å². The highest BCUT2D eigenvalue weighted by molar-refractivity contribution is 5.43. The first kappa shape index (κ1) is 16.6.